The number of amides is 1. The number of methoxy groups -OCH3 is 2. The fourth-order valence-electron chi connectivity index (χ4n) is 8.74. The summed E-state index contributed by atoms with van der Waals surface area (Å²) in [5.41, 5.74) is 5.04. The van der Waals surface area contributed by atoms with Gasteiger partial charge >= 0.3 is 11.9 Å². The second-order valence-corrected chi connectivity index (χ2v) is 15.1. The fraction of sp³-hybridized carbons (Fsp3) is 0.436. The molecule has 0 spiro atoms. The average molecular weight is 757 g/mol. The van der Waals surface area contributed by atoms with Crippen LogP contribution < -0.4 is 34.3 Å². The Morgan fingerprint density at radius 1 is 1.06 bits per heavy atom. The van der Waals surface area contributed by atoms with Gasteiger partial charge in [-0.05, 0) is 43.5 Å². The van der Waals surface area contributed by atoms with Gasteiger partial charge in [-0.15, -0.1) is 11.8 Å². The number of carbonyl (C=O) groups is 3. The predicted molar refractivity (Wildman–Crippen MR) is 194 cm³/mol. The zero-order valence-electron chi connectivity index (χ0n) is 30.4. The molecule has 3 aromatic carbocycles. The molecule has 2 saturated heterocycles. The molecule has 9 rings (SSSR count). The Bertz CT molecular complexity index is 2070. The van der Waals surface area contributed by atoms with Crippen molar-refractivity contribution in [2.45, 2.75) is 68.7 Å². The number of nitrogens with zero attached hydrogens (tertiary/aromatic N) is 2. The van der Waals surface area contributed by atoms with Crippen LogP contribution in [0.1, 0.15) is 68.0 Å². The summed E-state index contributed by atoms with van der Waals surface area (Å²) in [7, 11) is 3.15. The van der Waals surface area contributed by atoms with Crippen LogP contribution in [-0.4, -0.2) is 87.1 Å². The van der Waals surface area contributed by atoms with Gasteiger partial charge in [0.1, 0.15) is 24.4 Å². The second kappa shape index (κ2) is 14.3. The van der Waals surface area contributed by atoms with Gasteiger partial charge in [0.25, 0.3) is 5.91 Å². The smallest absolute Gasteiger partial charge is 0.329 e. The zero-order valence-corrected chi connectivity index (χ0v) is 31.2. The van der Waals surface area contributed by atoms with Crippen molar-refractivity contribution >= 4 is 29.6 Å². The van der Waals surface area contributed by atoms with Crippen LogP contribution in [0, 0.1) is 25.2 Å². The molecule has 15 heteroatoms. The number of carbonyl (C=O) groups excluding carboxylic acids is 3. The molecule has 1 amide bonds. The molecule has 0 saturated carbocycles. The Morgan fingerprint density at radius 3 is 2.56 bits per heavy atom. The summed E-state index contributed by atoms with van der Waals surface area (Å²) in [6.07, 6.45) is 0.510. The number of thioether (sulfide) groups is 1. The number of benzene rings is 3. The summed E-state index contributed by atoms with van der Waals surface area (Å²) < 4.78 is 41.9. The van der Waals surface area contributed by atoms with E-state index in [1.165, 1.54) is 18.7 Å². The van der Waals surface area contributed by atoms with Gasteiger partial charge in [-0.2, -0.15) is 5.26 Å². The van der Waals surface area contributed by atoms with E-state index in [4.69, 9.17) is 33.2 Å². The molecular formula is C39H40N4O10S. The van der Waals surface area contributed by atoms with Crippen LogP contribution in [0.3, 0.4) is 0 Å². The summed E-state index contributed by atoms with van der Waals surface area (Å²) >= 11 is 1.41. The predicted octanol–water partition coefficient (Wildman–Crippen LogP) is 3.97. The third kappa shape index (κ3) is 5.79. The number of esters is 2. The van der Waals surface area contributed by atoms with E-state index in [9.17, 15) is 19.6 Å². The van der Waals surface area contributed by atoms with Crippen LogP contribution in [-0.2, 0) is 25.5 Å². The first-order valence-electron chi connectivity index (χ1n) is 17.7. The first kappa shape index (κ1) is 36.0. The van der Waals surface area contributed by atoms with Gasteiger partial charge < -0.3 is 43.8 Å². The number of rotatable bonds is 7. The van der Waals surface area contributed by atoms with E-state index in [1.807, 2.05) is 19.9 Å². The zero-order chi connectivity index (χ0) is 37.8. The minimum absolute atomic E-state index is 0.0285. The molecule has 0 aromatic heterocycles. The van der Waals surface area contributed by atoms with E-state index in [0.717, 1.165) is 16.7 Å². The molecule has 7 atom stereocenters. The fourth-order valence-corrected chi connectivity index (χ4v) is 10.3. The Kier molecular flexibility index (Phi) is 9.55. The average Bonchev–Trinajstić information content (AvgIpc) is 3.66. The van der Waals surface area contributed by atoms with E-state index in [-0.39, 0.29) is 32.0 Å². The van der Waals surface area contributed by atoms with Crippen molar-refractivity contribution in [2.75, 3.05) is 40.2 Å². The number of hydrogen-bond donors (Lipinski definition) is 2. The number of piperazine rings is 1. The molecule has 0 radical (unpaired) electrons. The summed E-state index contributed by atoms with van der Waals surface area (Å²) in [5, 5.41) is 17.1. The molecule has 0 aliphatic carbocycles. The number of nitrogens with one attached hydrogen (secondary N) is 2. The van der Waals surface area contributed by atoms with Gasteiger partial charge in [0, 0.05) is 59.7 Å². The van der Waals surface area contributed by atoms with Gasteiger partial charge in [0.2, 0.25) is 6.79 Å². The van der Waals surface area contributed by atoms with Crippen molar-refractivity contribution in [2.24, 2.45) is 0 Å². The van der Waals surface area contributed by atoms with Gasteiger partial charge in [-0.3, -0.25) is 14.5 Å². The van der Waals surface area contributed by atoms with Crippen LogP contribution in [0.5, 0.6) is 28.7 Å². The van der Waals surface area contributed by atoms with Crippen LogP contribution in [0.25, 0.3) is 0 Å². The number of fused-ring (bicyclic) bond motifs is 10. The lowest BCUT2D eigenvalue weighted by Gasteiger charge is -2.59. The highest BCUT2D eigenvalue weighted by atomic mass is 32.2. The number of nitriles is 1. The Labute approximate surface area is 316 Å². The van der Waals surface area contributed by atoms with Crippen molar-refractivity contribution in [3.63, 3.8) is 0 Å². The van der Waals surface area contributed by atoms with Crippen molar-refractivity contribution in [1.29, 1.82) is 5.26 Å². The van der Waals surface area contributed by atoms with Crippen LogP contribution in [0.4, 0.5) is 0 Å². The highest BCUT2D eigenvalue weighted by molar-refractivity contribution is 7.99. The largest absolute Gasteiger partial charge is 0.493 e. The van der Waals surface area contributed by atoms with Crippen LogP contribution in [0.2, 0.25) is 0 Å². The Morgan fingerprint density at radius 2 is 1.83 bits per heavy atom. The summed E-state index contributed by atoms with van der Waals surface area (Å²) in [5.74, 6) is 0.844. The quantitative estimate of drug-likeness (QED) is 0.202. The standard InChI is InChI=1S/C39H40N4O10S/c1-18-11-22-12-23-25(13-40)43-26-14-49-39(46)24(42-38(45)21-9-7-6-8-10-21)15-54-37(31(43)30(41-23)27(22)35(32(18)48-5)50-16-47-4)29-28(26)36-34(51-17-52-36)19(2)33(29)53-20(3)44/h6-11,23-26,30-31,37,41H,12,14-17H2,1-5H3,(H,42,45)/t23-,24+,25+,26+,30+,31?,37-/m1/s1. The highest BCUT2D eigenvalue weighted by Gasteiger charge is 2.59. The lowest BCUT2D eigenvalue weighted by molar-refractivity contribution is -0.149. The Hall–Kier alpha value is -5.01. The topological polar surface area (TPSA) is 167 Å². The maximum absolute atomic E-state index is 13.9. The maximum atomic E-state index is 13.9. The Balaban J connectivity index is 1.35. The van der Waals surface area contributed by atoms with Gasteiger partial charge in [0.15, 0.2) is 29.8 Å². The van der Waals surface area contributed by atoms with Crippen LogP contribution >= 0.6 is 11.8 Å². The number of aryl methyl sites for hydroxylation is 1. The SMILES string of the molecule is COCOc1c(OC)c(C)cc2c1[C@@H]1N[C@H](C2)[C@H](C#N)N2C1[C@@H]1SC[C@H](NC(=O)c3ccccc3)C(=O)OC[C@H]2c2c3c(c(C)c(OC(C)=O)c21)OCO3. The second-order valence-electron chi connectivity index (χ2n) is 13.9. The summed E-state index contributed by atoms with van der Waals surface area (Å²) in [4.78, 5) is 42.3. The summed E-state index contributed by atoms with van der Waals surface area (Å²) in [6.45, 7) is 4.84. The first-order chi connectivity index (χ1) is 26.2. The molecule has 3 aromatic rings. The van der Waals surface area contributed by atoms with E-state index < -0.39 is 53.3 Å². The van der Waals surface area contributed by atoms with Crippen molar-refractivity contribution in [3.05, 3.63) is 75.3 Å². The number of ether oxygens (including phenoxy) is 7. The molecule has 2 N–H and O–H groups in total. The molecule has 2 fully saturated rings. The molecule has 4 bridgehead atoms. The lowest BCUT2D eigenvalue weighted by atomic mass is 9.72. The van der Waals surface area contributed by atoms with E-state index >= 15 is 0 Å². The van der Waals surface area contributed by atoms with Gasteiger partial charge in [-0.25, -0.2) is 4.79 Å². The molecule has 6 aliphatic rings. The van der Waals surface area contributed by atoms with E-state index in [1.54, 1.807) is 38.5 Å². The molecule has 6 aliphatic heterocycles. The van der Waals surface area contributed by atoms with Crippen molar-refractivity contribution < 1.29 is 47.5 Å². The van der Waals surface area contributed by atoms with E-state index in [0.29, 0.717) is 57.4 Å². The molecule has 6 heterocycles. The summed E-state index contributed by atoms with van der Waals surface area (Å²) in [6, 6.07) is 9.59. The van der Waals surface area contributed by atoms with Crippen LogP contribution in [0.15, 0.2) is 36.4 Å². The lowest BCUT2D eigenvalue weighted by Crippen LogP contribution is -2.69. The minimum atomic E-state index is -1.02. The molecule has 14 nitrogen and oxygen atoms in total. The van der Waals surface area contributed by atoms with E-state index in [2.05, 4.69) is 27.7 Å². The highest BCUT2D eigenvalue weighted by Crippen LogP contribution is 2.62. The molecular weight excluding hydrogens is 717 g/mol. The monoisotopic (exact) mass is 756 g/mol. The third-order valence-electron chi connectivity index (χ3n) is 10.8. The minimum Gasteiger partial charge on any atom is -0.493 e. The molecule has 54 heavy (non-hydrogen) atoms. The van der Waals surface area contributed by atoms with Crippen molar-refractivity contribution in [1.82, 2.24) is 15.5 Å². The van der Waals surface area contributed by atoms with Gasteiger partial charge in [-0.1, -0.05) is 24.3 Å². The van der Waals surface area contributed by atoms with Gasteiger partial charge in [0.05, 0.1) is 30.5 Å². The third-order valence-corrected chi connectivity index (χ3v) is 12.2. The normalized spacial score (nSPS) is 26.3. The number of hydrogen-bond acceptors (Lipinski definition) is 14. The molecule has 282 valence electrons. The molecule has 1 unspecified atom stereocenters. The maximum Gasteiger partial charge on any atom is 0.329 e. The van der Waals surface area contributed by atoms with Crippen molar-refractivity contribution in [3.8, 4) is 34.8 Å². The first-order valence-corrected chi connectivity index (χ1v) is 18.7.